The highest BCUT2D eigenvalue weighted by molar-refractivity contribution is 5.81. The molecule has 104 valence electrons. The van der Waals surface area contributed by atoms with E-state index >= 15 is 0 Å². The van der Waals surface area contributed by atoms with E-state index in [0.717, 1.165) is 0 Å². The van der Waals surface area contributed by atoms with Gasteiger partial charge in [0.1, 0.15) is 24.1 Å². The van der Waals surface area contributed by atoms with Crippen molar-refractivity contribution in [2.75, 3.05) is 5.73 Å². The maximum Gasteiger partial charge on any atom is 0.167 e. The van der Waals surface area contributed by atoms with Crippen molar-refractivity contribution in [1.82, 2.24) is 19.5 Å². The Morgan fingerprint density at radius 1 is 1.35 bits per heavy atom. The number of imidazole rings is 1. The van der Waals surface area contributed by atoms with Crippen LogP contribution in [0.5, 0.6) is 0 Å². The van der Waals surface area contributed by atoms with Crippen LogP contribution in [0.15, 0.2) is 12.7 Å². The predicted octanol–water partition coefficient (Wildman–Crippen LogP) is -0.949. The van der Waals surface area contributed by atoms with Crippen LogP contribution in [0.1, 0.15) is 12.6 Å². The molecule has 2 aromatic heterocycles. The summed E-state index contributed by atoms with van der Waals surface area (Å²) in [5, 5.41) is 20.0. The van der Waals surface area contributed by atoms with Crippen LogP contribution in [-0.4, -0.2) is 48.0 Å². The molecule has 1 aliphatic heterocycles. The summed E-state index contributed by atoms with van der Waals surface area (Å²) in [5.74, 6) is 2.64. The fourth-order valence-electron chi connectivity index (χ4n) is 2.30. The number of terminal acetylenes is 1. The first-order chi connectivity index (χ1) is 9.63. The fourth-order valence-corrected chi connectivity index (χ4v) is 2.30. The van der Waals surface area contributed by atoms with E-state index in [1.54, 1.807) is 0 Å². The van der Waals surface area contributed by atoms with Crippen LogP contribution in [-0.2, 0) is 4.74 Å². The zero-order chi connectivity index (χ0) is 14.3. The molecule has 1 unspecified atom stereocenters. The maximum atomic E-state index is 10.1. The fraction of sp³-hybridized carbons (Fsp3) is 0.417. The van der Waals surface area contributed by atoms with Crippen LogP contribution in [0, 0.1) is 12.3 Å². The van der Waals surface area contributed by atoms with Crippen LogP contribution in [0.4, 0.5) is 5.82 Å². The van der Waals surface area contributed by atoms with E-state index in [1.165, 1.54) is 17.2 Å². The molecule has 0 bridgehead atoms. The quantitative estimate of drug-likeness (QED) is 0.604. The summed E-state index contributed by atoms with van der Waals surface area (Å²) in [4.78, 5) is 12.0. The number of fused-ring (bicyclic) bond motifs is 1. The highest BCUT2D eigenvalue weighted by Crippen LogP contribution is 2.32. The van der Waals surface area contributed by atoms with E-state index in [1.807, 2.05) is 0 Å². The van der Waals surface area contributed by atoms with Gasteiger partial charge in [0.2, 0.25) is 0 Å². The van der Waals surface area contributed by atoms with E-state index < -0.39 is 24.5 Å². The molecule has 1 fully saturated rings. The molecule has 0 radical (unpaired) electrons. The van der Waals surface area contributed by atoms with Crippen LogP contribution >= 0.6 is 0 Å². The molecule has 8 nitrogen and oxygen atoms in total. The second kappa shape index (κ2) is 4.72. The Morgan fingerprint density at radius 2 is 2.15 bits per heavy atom. The zero-order valence-electron chi connectivity index (χ0n) is 10.4. The molecular weight excluding hydrogens is 262 g/mol. The molecule has 3 rings (SSSR count). The summed E-state index contributed by atoms with van der Waals surface area (Å²) in [6.45, 7) is 0. The Kier molecular flexibility index (Phi) is 3.02. The summed E-state index contributed by atoms with van der Waals surface area (Å²) < 4.78 is 7.11. The number of aromatic nitrogens is 4. The third-order valence-corrected chi connectivity index (χ3v) is 3.32. The molecule has 8 heteroatoms. The van der Waals surface area contributed by atoms with Crippen molar-refractivity contribution in [3.63, 3.8) is 0 Å². The molecule has 2 aromatic rings. The van der Waals surface area contributed by atoms with Crippen LogP contribution in [0.2, 0.25) is 0 Å². The van der Waals surface area contributed by atoms with E-state index in [9.17, 15) is 10.2 Å². The molecule has 3 heterocycles. The Hall–Kier alpha value is -2.21. The van der Waals surface area contributed by atoms with Crippen LogP contribution in [0.3, 0.4) is 0 Å². The molecule has 0 saturated carbocycles. The summed E-state index contributed by atoms with van der Waals surface area (Å²) >= 11 is 0. The number of hydrogen-bond acceptors (Lipinski definition) is 7. The van der Waals surface area contributed by atoms with Crippen molar-refractivity contribution in [3.05, 3.63) is 12.7 Å². The number of nitrogens with zero attached hydrogens (tertiary/aromatic N) is 4. The lowest BCUT2D eigenvalue weighted by molar-refractivity contribution is -0.0332. The maximum absolute atomic E-state index is 10.1. The Morgan fingerprint density at radius 3 is 2.90 bits per heavy atom. The average Bonchev–Trinajstić information content (AvgIpc) is 2.97. The van der Waals surface area contributed by atoms with E-state index in [-0.39, 0.29) is 12.2 Å². The van der Waals surface area contributed by atoms with Gasteiger partial charge in [-0.05, 0) is 0 Å². The van der Waals surface area contributed by atoms with Gasteiger partial charge >= 0.3 is 0 Å². The molecule has 1 saturated heterocycles. The van der Waals surface area contributed by atoms with Gasteiger partial charge < -0.3 is 20.7 Å². The lowest BCUT2D eigenvalue weighted by Crippen LogP contribution is -2.31. The lowest BCUT2D eigenvalue weighted by atomic mass is 10.1. The van der Waals surface area contributed by atoms with E-state index in [0.29, 0.717) is 11.2 Å². The van der Waals surface area contributed by atoms with Crippen molar-refractivity contribution in [3.8, 4) is 12.3 Å². The van der Waals surface area contributed by atoms with E-state index in [2.05, 4.69) is 20.9 Å². The zero-order valence-corrected chi connectivity index (χ0v) is 10.4. The number of rotatable bonds is 2. The minimum absolute atomic E-state index is 0.207. The van der Waals surface area contributed by atoms with Gasteiger partial charge in [0.25, 0.3) is 0 Å². The SMILES string of the molecule is C#CC[C@H]1OC(n2cnc3c(N)ncnc32)[C@H](O)[C@@H]1O. The third-order valence-electron chi connectivity index (χ3n) is 3.32. The van der Waals surface area contributed by atoms with Gasteiger partial charge in [-0.15, -0.1) is 12.3 Å². The van der Waals surface area contributed by atoms with Gasteiger partial charge in [-0.1, -0.05) is 0 Å². The normalized spacial score (nSPS) is 29.6. The minimum Gasteiger partial charge on any atom is -0.387 e. The predicted molar refractivity (Wildman–Crippen MR) is 69.1 cm³/mol. The van der Waals surface area contributed by atoms with Gasteiger partial charge in [-0.25, -0.2) is 15.0 Å². The molecule has 4 N–H and O–H groups in total. The first-order valence-electron chi connectivity index (χ1n) is 6.01. The Bertz CT molecular complexity index is 679. The molecule has 4 atom stereocenters. The average molecular weight is 275 g/mol. The summed E-state index contributed by atoms with van der Waals surface area (Å²) in [6.07, 6.45) is 4.52. The number of aliphatic hydroxyl groups excluding tert-OH is 2. The molecule has 1 aliphatic rings. The van der Waals surface area contributed by atoms with Gasteiger partial charge in [0, 0.05) is 6.42 Å². The summed E-state index contributed by atoms with van der Waals surface area (Å²) in [7, 11) is 0. The largest absolute Gasteiger partial charge is 0.387 e. The minimum atomic E-state index is -1.12. The van der Waals surface area contributed by atoms with Crippen LogP contribution < -0.4 is 5.73 Å². The third kappa shape index (κ3) is 1.80. The molecule has 0 aliphatic carbocycles. The van der Waals surface area contributed by atoms with Gasteiger partial charge in [-0.2, -0.15) is 0 Å². The number of ether oxygens (including phenoxy) is 1. The molecular formula is C12H13N5O3. The highest BCUT2D eigenvalue weighted by Gasteiger charge is 2.43. The molecule has 0 spiro atoms. The standard InChI is InChI=1S/C12H13N5O3/c1-2-3-6-8(18)9(19)12(20-6)17-5-16-7-10(13)14-4-15-11(7)17/h1,4-6,8-9,12,18-19H,3H2,(H2,13,14,15)/t6-,8-,9-,12?/m1/s1. The van der Waals surface area contributed by atoms with Crippen molar-refractivity contribution < 1.29 is 14.9 Å². The monoisotopic (exact) mass is 275 g/mol. The van der Waals surface area contributed by atoms with Gasteiger partial charge in [0.05, 0.1) is 12.4 Å². The Labute approximate surface area is 114 Å². The topological polar surface area (TPSA) is 119 Å². The van der Waals surface area contributed by atoms with E-state index in [4.69, 9.17) is 16.9 Å². The van der Waals surface area contributed by atoms with Gasteiger partial charge in [-0.3, -0.25) is 4.57 Å². The summed E-state index contributed by atoms with van der Waals surface area (Å²) in [5.41, 5.74) is 6.54. The summed E-state index contributed by atoms with van der Waals surface area (Å²) in [6, 6.07) is 0. The number of aliphatic hydroxyl groups is 2. The number of nitrogens with two attached hydrogens (primary N) is 1. The van der Waals surface area contributed by atoms with Crippen molar-refractivity contribution in [1.29, 1.82) is 0 Å². The van der Waals surface area contributed by atoms with Crippen LogP contribution in [0.25, 0.3) is 11.2 Å². The number of hydrogen-bond donors (Lipinski definition) is 3. The highest BCUT2D eigenvalue weighted by atomic mass is 16.6. The van der Waals surface area contributed by atoms with Crippen molar-refractivity contribution in [2.45, 2.75) is 31.0 Å². The van der Waals surface area contributed by atoms with Gasteiger partial charge in [0.15, 0.2) is 17.7 Å². The number of anilines is 1. The van der Waals surface area contributed by atoms with Crippen molar-refractivity contribution >= 4 is 17.0 Å². The molecule has 0 amide bonds. The first-order valence-corrected chi connectivity index (χ1v) is 6.01. The number of nitrogen functional groups attached to an aromatic ring is 1. The smallest absolute Gasteiger partial charge is 0.167 e. The first kappa shape index (κ1) is 12.8. The second-order valence-corrected chi connectivity index (χ2v) is 4.54. The molecule has 0 aromatic carbocycles. The van der Waals surface area contributed by atoms with Crippen molar-refractivity contribution in [2.24, 2.45) is 0 Å². The lowest BCUT2D eigenvalue weighted by Gasteiger charge is -2.16. The second-order valence-electron chi connectivity index (χ2n) is 4.54. The molecule has 20 heavy (non-hydrogen) atoms. The Balaban J connectivity index is 2.00.